The van der Waals surface area contributed by atoms with Crippen molar-refractivity contribution in [1.29, 1.82) is 0 Å². The lowest BCUT2D eigenvalue weighted by Crippen LogP contribution is -2.23. The molecular weight excluding hydrogens is 377 g/mol. The van der Waals surface area contributed by atoms with Gasteiger partial charge in [0.2, 0.25) is 0 Å². The topological polar surface area (TPSA) is 55.4 Å². The minimum absolute atomic E-state index is 0.181. The van der Waals surface area contributed by atoms with E-state index in [1.165, 1.54) is 12.1 Å². The van der Waals surface area contributed by atoms with Gasteiger partial charge in [-0.3, -0.25) is 4.84 Å². The first-order valence-corrected chi connectivity index (χ1v) is 8.07. The summed E-state index contributed by atoms with van der Waals surface area (Å²) in [6.07, 6.45) is 0. The molecule has 4 nitrogen and oxygen atoms in total. The fourth-order valence-electron chi connectivity index (χ4n) is 1.43. The number of benzene rings is 2. The maximum Gasteiger partial charge on any atom is 0.262 e. The van der Waals surface area contributed by atoms with E-state index in [2.05, 4.69) is 27.5 Å². The van der Waals surface area contributed by atoms with Crippen molar-refractivity contribution in [2.75, 3.05) is 0 Å². The van der Waals surface area contributed by atoms with Crippen LogP contribution in [0.3, 0.4) is 0 Å². The molecule has 0 aliphatic carbocycles. The molecule has 0 bridgehead atoms. The molecule has 1 N–H and O–H groups in total. The summed E-state index contributed by atoms with van der Waals surface area (Å²) in [4.78, 5) is 7.32. The fourth-order valence-corrected chi connectivity index (χ4v) is 2.59. The highest BCUT2D eigenvalue weighted by Gasteiger charge is 2.13. The lowest BCUT2D eigenvalue weighted by molar-refractivity contribution is 0.0795. The Hall–Kier alpha value is -0.960. The molecule has 0 heterocycles. The summed E-state index contributed by atoms with van der Waals surface area (Å²) in [5.74, 6) is 0. The summed E-state index contributed by atoms with van der Waals surface area (Å²) in [7, 11) is -3.62. The van der Waals surface area contributed by atoms with E-state index < -0.39 is 10.0 Å². The van der Waals surface area contributed by atoms with Crippen LogP contribution in [0.25, 0.3) is 0 Å². The second kappa shape index (κ2) is 6.47. The molecule has 0 aliphatic rings. The van der Waals surface area contributed by atoms with Crippen molar-refractivity contribution < 1.29 is 13.3 Å². The summed E-state index contributed by atoms with van der Waals surface area (Å²) >= 11 is 2.11. The van der Waals surface area contributed by atoms with Gasteiger partial charge in [-0.2, -0.15) is 0 Å². The standard InChI is InChI=1S/C13H12INO3S/c14-12-6-8-13(9-7-12)19(16,17)15-18-10-11-4-2-1-3-5-11/h1-9,15H,10H2. The van der Waals surface area contributed by atoms with Crippen LogP contribution in [0.4, 0.5) is 0 Å². The van der Waals surface area contributed by atoms with E-state index in [4.69, 9.17) is 4.84 Å². The lowest BCUT2D eigenvalue weighted by Gasteiger charge is -2.07. The molecule has 19 heavy (non-hydrogen) atoms. The van der Waals surface area contributed by atoms with Crippen LogP contribution in [0.5, 0.6) is 0 Å². The van der Waals surface area contributed by atoms with Crippen LogP contribution in [-0.4, -0.2) is 8.42 Å². The van der Waals surface area contributed by atoms with Gasteiger partial charge in [0.05, 0.1) is 11.5 Å². The average molecular weight is 389 g/mol. The van der Waals surface area contributed by atoms with E-state index in [9.17, 15) is 8.42 Å². The third kappa shape index (κ3) is 4.27. The Labute approximate surface area is 125 Å². The van der Waals surface area contributed by atoms with Crippen LogP contribution in [0.2, 0.25) is 0 Å². The SMILES string of the molecule is O=S(=O)(NOCc1ccccc1)c1ccc(I)cc1. The number of hydrogen-bond acceptors (Lipinski definition) is 3. The average Bonchev–Trinajstić information content (AvgIpc) is 2.40. The fraction of sp³-hybridized carbons (Fsp3) is 0.0769. The van der Waals surface area contributed by atoms with Gasteiger partial charge in [-0.25, -0.2) is 8.42 Å². The van der Waals surface area contributed by atoms with Gasteiger partial charge in [0.25, 0.3) is 10.0 Å². The molecule has 0 fully saturated rings. The number of rotatable bonds is 5. The first kappa shape index (κ1) is 14.4. The lowest BCUT2D eigenvalue weighted by atomic mass is 10.2. The second-order valence-corrected chi connectivity index (χ2v) is 6.71. The van der Waals surface area contributed by atoms with E-state index in [-0.39, 0.29) is 11.5 Å². The molecule has 2 rings (SSSR count). The highest BCUT2D eigenvalue weighted by Crippen LogP contribution is 2.12. The third-order valence-electron chi connectivity index (χ3n) is 2.37. The summed E-state index contributed by atoms with van der Waals surface area (Å²) in [6, 6.07) is 15.9. The summed E-state index contributed by atoms with van der Waals surface area (Å²) in [5, 5.41) is 0. The van der Waals surface area contributed by atoms with Crippen molar-refractivity contribution in [2.24, 2.45) is 0 Å². The van der Waals surface area contributed by atoms with Gasteiger partial charge in [-0.05, 0) is 52.4 Å². The number of hydrogen-bond donors (Lipinski definition) is 1. The van der Waals surface area contributed by atoms with Crippen molar-refractivity contribution in [2.45, 2.75) is 11.5 Å². The molecule has 2 aromatic carbocycles. The van der Waals surface area contributed by atoms with Crippen molar-refractivity contribution in [3.05, 3.63) is 63.7 Å². The van der Waals surface area contributed by atoms with Gasteiger partial charge in [-0.15, -0.1) is 0 Å². The van der Waals surface area contributed by atoms with Crippen molar-refractivity contribution in [3.8, 4) is 0 Å². The second-order valence-electron chi connectivity index (χ2n) is 3.81. The molecule has 0 saturated carbocycles. The van der Waals surface area contributed by atoms with Crippen LogP contribution in [-0.2, 0) is 21.5 Å². The molecule has 0 spiro atoms. The van der Waals surface area contributed by atoms with E-state index in [1.807, 2.05) is 30.3 Å². The number of nitrogens with one attached hydrogen (secondary N) is 1. The van der Waals surface area contributed by atoms with E-state index >= 15 is 0 Å². The Morgan fingerprint density at radius 1 is 1.00 bits per heavy atom. The van der Waals surface area contributed by atoms with Crippen LogP contribution in [0, 0.1) is 3.57 Å². The van der Waals surface area contributed by atoms with Crippen LogP contribution >= 0.6 is 22.6 Å². The van der Waals surface area contributed by atoms with Crippen molar-refractivity contribution in [3.63, 3.8) is 0 Å². The molecule has 0 radical (unpaired) electrons. The zero-order chi connectivity index (χ0) is 13.7. The molecule has 6 heteroatoms. The molecule has 0 aromatic heterocycles. The Kier molecular flexibility index (Phi) is 4.92. The zero-order valence-corrected chi connectivity index (χ0v) is 12.9. The Balaban J connectivity index is 1.97. The van der Waals surface area contributed by atoms with E-state index in [0.29, 0.717) is 0 Å². The molecule has 0 unspecified atom stereocenters. The quantitative estimate of drug-likeness (QED) is 0.632. The summed E-state index contributed by atoms with van der Waals surface area (Å²) < 4.78 is 24.8. The normalized spacial score (nSPS) is 11.4. The van der Waals surface area contributed by atoms with Crippen molar-refractivity contribution in [1.82, 2.24) is 4.89 Å². The zero-order valence-electron chi connectivity index (χ0n) is 9.91. The molecule has 0 atom stereocenters. The molecular formula is C13H12INO3S. The maximum absolute atomic E-state index is 11.9. The molecule has 100 valence electrons. The van der Waals surface area contributed by atoms with Crippen LogP contribution < -0.4 is 4.89 Å². The predicted molar refractivity (Wildman–Crippen MR) is 80.7 cm³/mol. The smallest absolute Gasteiger partial charge is 0.262 e. The highest BCUT2D eigenvalue weighted by atomic mass is 127. The number of halogens is 1. The monoisotopic (exact) mass is 389 g/mol. The minimum Gasteiger partial charge on any atom is -0.282 e. The van der Waals surface area contributed by atoms with Crippen LogP contribution in [0.15, 0.2) is 59.5 Å². The van der Waals surface area contributed by atoms with Gasteiger partial charge >= 0.3 is 0 Å². The van der Waals surface area contributed by atoms with Crippen LogP contribution in [0.1, 0.15) is 5.56 Å². The molecule has 0 amide bonds. The van der Waals surface area contributed by atoms with Gasteiger partial charge < -0.3 is 0 Å². The molecule has 0 saturated heterocycles. The maximum atomic E-state index is 11.9. The summed E-state index contributed by atoms with van der Waals surface area (Å²) in [5.41, 5.74) is 0.896. The summed E-state index contributed by atoms with van der Waals surface area (Å²) in [6.45, 7) is 0.185. The minimum atomic E-state index is -3.62. The Morgan fingerprint density at radius 3 is 2.26 bits per heavy atom. The first-order chi connectivity index (χ1) is 9.08. The molecule has 2 aromatic rings. The van der Waals surface area contributed by atoms with Gasteiger partial charge in [0, 0.05) is 3.57 Å². The Morgan fingerprint density at radius 2 is 1.63 bits per heavy atom. The Bertz CT molecular complexity index is 627. The van der Waals surface area contributed by atoms with Gasteiger partial charge in [0.1, 0.15) is 0 Å². The van der Waals surface area contributed by atoms with Gasteiger partial charge in [-0.1, -0.05) is 35.2 Å². The highest BCUT2D eigenvalue weighted by molar-refractivity contribution is 14.1. The third-order valence-corrected chi connectivity index (χ3v) is 4.32. The molecule has 0 aliphatic heterocycles. The largest absolute Gasteiger partial charge is 0.282 e. The first-order valence-electron chi connectivity index (χ1n) is 5.51. The van der Waals surface area contributed by atoms with Gasteiger partial charge in [0.15, 0.2) is 0 Å². The van der Waals surface area contributed by atoms with Crippen molar-refractivity contribution >= 4 is 32.6 Å². The van der Waals surface area contributed by atoms with E-state index in [0.717, 1.165) is 9.13 Å². The van der Waals surface area contributed by atoms with E-state index in [1.54, 1.807) is 12.1 Å². The predicted octanol–water partition coefficient (Wildman–Crippen LogP) is 2.70. The number of sulfonamides is 1.